The number of esters is 2. The highest BCUT2D eigenvalue weighted by molar-refractivity contribution is 7.86. The number of aryl methyl sites for hydroxylation is 2. The predicted molar refractivity (Wildman–Crippen MR) is 120 cm³/mol. The Morgan fingerprint density at radius 2 is 1.74 bits per heavy atom. The molecule has 12 nitrogen and oxygen atoms in total. The normalized spacial score (nSPS) is 22.1. The maximum absolute atomic E-state index is 13.0. The lowest BCUT2D eigenvalue weighted by Gasteiger charge is -2.24. The third-order valence-corrected chi connectivity index (χ3v) is 6.61. The molecule has 0 aliphatic carbocycles. The van der Waals surface area contributed by atoms with Crippen LogP contribution in [0.5, 0.6) is 0 Å². The molecular formula is C22H26N2O10S. The first-order valence-corrected chi connectivity index (χ1v) is 12.1. The molecular weight excluding hydrogens is 484 g/mol. The summed E-state index contributed by atoms with van der Waals surface area (Å²) in [6.07, 6.45) is -4.04. The lowest BCUT2D eigenvalue weighted by Crippen LogP contribution is -2.43. The zero-order chi connectivity index (χ0) is 25.9. The monoisotopic (exact) mass is 510 g/mol. The van der Waals surface area contributed by atoms with Crippen molar-refractivity contribution in [3.05, 3.63) is 62.4 Å². The van der Waals surface area contributed by atoms with Gasteiger partial charge in [-0.05, 0) is 25.5 Å². The average Bonchev–Trinajstić information content (AvgIpc) is 3.08. The second-order valence-electron chi connectivity index (χ2n) is 7.94. The highest BCUT2D eigenvalue weighted by Gasteiger charge is 2.51. The molecule has 1 aromatic heterocycles. The van der Waals surface area contributed by atoms with E-state index in [2.05, 4.69) is 4.98 Å². The fraction of sp³-hybridized carbons (Fsp3) is 0.455. The van der Waals surface area contributed by atoms with Crippen molar-refractivity contribution in [1.82, 2.24) is 9.55 Å². The van der Waals surface area contributed by atoms with Gasteiger partial charge in [0.2, 0.25) is 0 Å². The number of carbonyl (C=O) groups excluding carboxylic acids is 2. The first kappa shape index (κ1) is 26.3. The van der Waals surface area contributed by atoms with Gasteiger partial charge in [-0.15, -0.1) is 0 Å². The molecule has 0 spiro atoms. The van der Waals surface area contributed by atoms with Crippen molar-refractivity contribution < 1.29 is 36.4 Å². The topological polar surface area (TPSA) is 160 Å². The van der Waals surface area contributed by atoms with Crippen LogP contribution in [0, 0.1) is 6.92 Å². The van der Waals surface area contributed by atoms with Gasteiger partial charge in [0, 0.05) is 25.6 Å². The van der Waals surface area contributed by atoms with Crippen LogP contribution in [0.25, 0.3) is 0 Å². The Morgan fingerprint density at radius 1 is 1.09 bits per heavy atom. The number of rotatable bonds is 8. The van der Waals surface area contributed by atoms with Gasteiger partial charge >= 0.3 is 17.6 Å². The number of aromatic nitrogens is 2. The van der Waals surface area contributed by atoms with E-state index in [9.17, 15) is 27.6 Å². The summed E-state index contributed by atoms with van der Waals surface area (Å²) in [5, 5.41) is 0. The van der Waals surface area contributed by atoms with Crippen molar-refractivity contribution >= 4 is 22.1 Å². The molecule has 1 aliphatic rings. The van der Waals surface area contributed by atoms with Gasteiger partial charge in [-0.25, -0.2) is 4.79 Å². The summed E-state index contributed by atoms with van der Waals surface area (Å²) in [5.74, 6) is -1.47. The minimum Gasteiger partial charge on any atom is -0.463 e. The van der Waals surface area contributed by atoms with Gasteiger partial charge in [-0.1, -0.05) is 24.6 Å². The van der Waals surface area contributed by atoms with Crippen LogP contribution in [-0.2, 0) is 44.5 Å². The summed E-state index contributed by atoms with van der Waals surface area (Å²) in [4.78, 5) is 49.9. The van der Waals surface area contributed by atoms with Crippen LogP contribution in [0.15, 0.2) is 44.9 Å². The number of H-pyrrole nitrogens is 1. The number of hydrogen-bond acceptors (Lipinski definition) is 10. The molecule has 35 heavy (non-hydrogen) atoms. The molecule has 0 bridgehead atoms. The molecule has 1 fully saturated rings. The molecule has 3 rings (SSSR count). The second-order valence-corrected chi connectivity index (χ2v) is 9.52. The Kier molecular flexibility index (Phi) is 7.93. The smallest absolute Gasteiger partial charge is 0.330 e. The summed E-state index contributed by atoms with van der Waals surface area (Å²) < 4.78 is 48.7. The van der Waals surface area contributed by atoms with Gasteiger partial charge in [0.05, 0.1) is 4.90 Å². The van der Waals surface area contributed by atoms with Crippen LogP contribution in [0.1, 0.15) is 38.1 Å². The van der Waals surface area contributed by atoms with E-state index in [0.717, 1.165) is 24.0 Å². The van der Waals surface area contributed by atoms with Crippen LogP contribution in [0.3, 0.4) is 0 Å². The van der Waals surface area contributed by atoms with Crippen molar-refractivity contribution in [2.24, 2.45) is 0 Å². The molecule has 2 heterocycles. The van der Waals surface area contributed by atoms with Crippen LogP contribution >= 0.6 is 0 Å². The van der Waals surface area contributed by atoms with Crippen LogP contribution < -0.4 is 11.2 Å². The molecule has 1 aliphatic heterocycles. The molecule has 0 unspecified atom stereocenters. The maximum Gasteiger partial charge on any atom is 0.330 e. The lowest BCUT2D eigenvalue weighted by atomic mass is 10.1. The first-order chi connectivity index (χ1) is 16.4. The quantitative estimate of drug-likeness (QED) is 0.393. The zero-order valence-corrected chi connectivity index (χ0v) is 20.4. The molecule has 1 saturated heterocycles. The molecule has 0 radical (unpaired) electrons. The largest absolute Gasteiger partial charge is 0.463 e. The third-order valence-electron chi connectivity index (χ3n) is 5.28. The molecule has 1 N–H and O–H groups in total. The first-order valence-electron chi connectivity index (χ1n) is 10.7. The number of benzene rings is 1. The minimum atomic E-state index is -4.39. The average molecular weight is 511 g/mol. The van der Waals surface area contributed by atoms with Gasteiger partial charge in [-0.3, -0.25) is 28.1 Å². The highest BCUT2D eigenvalue weighted by Crippen LogP contribution is 2.35. The lowest BCUT2D eigenvalue weighted by molar-refractivity contribution is -0.155. The summed E-state index contributed by atoms with van der Waals surface area (Å²) >= 11 is 0. The van der Waals surface area contributed by atoms with E-state index in [1.165, 1.54) is 18.3 Å². The predicted octanol–water partition coefficient (Wildman–Crippen LogP) is 0.574. The minimum absolute atomic E-state index is 0.158. The highest BCUT2D eigenvalue weighted by atomic mass is 32.2. The van der Waals surface area contributed by atoms with E-state index >= 15 is 0 Å². The standard InChI is InChI=1S/C22H26N2O10S/c1-5-15-10-24(22(28)23-20(15)27)21-19(32-14(4)26)18(17(33-21)11-31-13(3)25)34-35(29,30)16-8-6-12(2)7-9-16/h6-10,17-19,21H,5,11H2,1-4H3,(H,23,27,28)/t17-,18+,19-,21-/m1/s1. The van der Waals surface area contributed by atoms with Gasteiger partial charge in [-0.2, -0.15) is 8.42 Å². The molecule has 0 amide bonds. The van der Waals surface area contributed by atoms with E-state index in [0.29, 0.717) is 0 Å². The molecule has 13 heteroatoms. The number of nitrogens with zero attached hydrogens (tertiary/aromatic N) is 1. The van der Waals surface area contributed by atoms with Gasteiger partial charge in [0.15, 0.2) is 12.3 Å². The fourth-order valence-corrected chi connectivity index (χ4v) is 4.68. The Labute approximate surface area is 200 Å². The van der Waals surface area contributed by atoms with E-state index < -0.39 is 64.5 Å². The SMILES string of the molecule is CCc1cn([C@@H]2O[C@H](COC(C)=O)[C@H](OS(=O)(=O)c3ccc(C)cc3)[C@H]2OC(C)=O)c(=O)[nH]c1=O. The van der Waals surface area contributed by atoms with E-state index in [4.69, 9.17) is 18.4 Å². The zero-order valence-electron chi connectivity index (χ0n) is 19.5. The van der Waals surface area contributed by atoms with Crippen LogP contribution in [0.2, 0.25) is 0 Å². The second kappa shape index (κ2) is 10.5. The molecule has 190 valence electrons. The molecule has 0 saturated carbocycles. The summed E-state index contributed by atoms with van der Waals surface area (Å²) in [6.45, 7) is 5.27. The molecule has 1 aromatic carbocycles. The molecule has 2 aromatic rings. The Bertz CT molecular complexity index is 1310. The number of carbonyl (C=O) groups is 2. The van der Waals surface area contributed by atoms with E-state index in [-0.39, 0.29) is 16.9 Å². The van der Waals surface area contributed by atoms with Crippen LogP contribution in [-0.4, -0.2) is 54.8 Å². The maximum atomic E-state index is 13.0. The van der Waals surface area contributed by atoms with Gasteiger partial charge in [0.1, 0.15) is 18.8 Å². The van der Waals surface area contributed by atoms with Crippen molar-refractivity contribution in [3.8, 4) is 0 Å². The Hall–Kier alpha value is -3.29. The Morgan fingerprint density at radius 3 is 2.31 bits per heavy atom. The third kappa shape index (κ3) is 6.05. The number of ether oxygens (including phenoxy) is 3. The Balaban J connectivity index is 2.07. The van der Waals surface area contributed by atoms with E-state index in [1.807, 2.05) is 0 Å². The molecule has 4 atom stereocenters. The number of nitrogens with one attached hydrogen (secondary N) is 1. The van der Waals surface area contributed by atoms with E-state index in [1.54, 1.807) is 26.0 Å². The fourth-order valence-electron chi connectivity index (χ4n) is 3.57. The number of hydrogen-bond donors (Lipinski definition) is 1. The van der Waals surface area contributed by atoms with Crippen LogP contribution in [0.4, 0.5) is 0 Å². The summed E-state index contributed by atoms with van der Waals surface area (Å²) in [6, 6.07) is 5.85. The van der Waals surface area contributed by atoms with Crippen molar-refractivity contribution in [1.29, 1.82) is 0 Å². The van der Waals surface area contributed by atoms with Gasteiger partial charge in [0.25, 0.3) is 15.7 Å². The number of aromatic amines is 1. The van der Waals surface area contributed by atoms with Crippen molar-refractivity contribution in [3.63, 3.8) is 0 Å². The van der Waals surface area contributed by atoms with Crippen molar-refractivity contribution in [2.45, 2.75) is 63.6 Å². The summed E-state index contributed by atoms with van der Waals surface area (Å²) in [7, 11) is -4.39. The summed E-state index contributed by atoms with van der Waals surface area (Å²) in [5.41, 5.74) is -0.407. The van der Waals surface area contributed by atoms with Crippen molar-refractivity contribution in [2.75, 3.05) is 6.61 Å². The van der Waals surface area contributed by atoms with Gasteiger partial charge < -0.3 is 14.2 Å².